The van der Waals surface area contributed by atoms with Gasteiger partial charge < -0.3 is 30.7 Å². The van der Waals surface area contributed by atoms with Crippen LogP contribution in [0.3, 0.4) is 0 Å². The minimum Gasteiger partial charge on any atom is -0.480 e. The molecule has 1 heterocycles. The van der Waals surface area contributed by atoms with Gasteiger partial charge in [-0.05, 0) is 49.3 Å². The summed E-state index contributed by atoms with van der Waals surface area (Å²) >= 11 is 1.27. The van der Waals surface area contributed by atoms with Crippen LogP contribution in [0.1, 0.15) is 77.7 Å². The van der Waals surface area contributed by atoms with Crippen molar-refractivity contribution in [3.63, 3.8) is 0 Å². The van der Waals surface area contributed by atoms with E-state index in [1.807, 2.05) is 18.2 Å². The molecular weight excluding hydrogens is 568 g/mol. The third-order valence-electron chi connectivity index (χ3n) is 6.24. The van der Waals surface area contributed by atoms with Gasteiger partial charge in [0.05, 0.1) is 0 Å². The van der Waals surface area contributed by atoms with Crippen LogP contribution in [0.2, 0.25) is 0 Å². The molecule has 1 amide bonds. The Kier molecular flexibility index (Phi) is 18.8. The molecule has 0 radical (unpaired) electrons. The number of hydrogen-bond donors (Lipinski definition) is 4. The number of carboxylic acids is 2. The highest BCUT2D eigenvalue weighted by Crippen LogP contribution is 2.33. The van der Waals surface area contributed by atoms with Gasteiger partial charge in [0.25, 0.3) is 0 Å². The number of fused-ring (bicyclic) bond motifs is 1. The molecule has 1 aliphatic rings. The van der Waals surface area contributed by atoms with Gasteiger partial charge in [0.15, 0.2) is 11.5 Å². The van der Waals surface area contributed by atoms with Gasteiger partial charge in [0, 0.05) is 34.0 Å². The number of thioether (sulfide) groups is 1. The summed E-state index contributed by atoms with van der Waals surface area (Å²) in [5, 5.41) is 21.7. The fraction of sp³-hybridized carbons (Fsp3) is 0.621. The summed E-state index contributed by atoms with van der Waals surface area (Å²) in [6, 6.07) is 3.88. The molecule has 1 aliphatic heterocycles. The molecule has 0 spiro atoms. The van der Waals surface area contributed by atoms with Crippen LogP contribution in [0.5, 0.6) is 11.5 Å². The Morgan fingerprint density at radius 3 is 2.44 bits per heavy atom. The van der Waals surface area contributed by atoms with E-state index < -0.39 is 40.7 Å². The smallest absolute Gasteiger partial charge is 0.327 e. The molecule has 41 heavy (non-hydrogen) atoms. The molecule has 0 aliphatic carbocycles. The standard InChI is InChI=1S/C18H28O3S.C11H18N2O5S/c1-3-4-5-6-7-8-11-22(19)15(2)12-16-9-10-17-18(13-16)21-14-20-17;1-2-5-19-6-8(11(17)18)13-9(14)4-3-7(12)10(15)16/h9-10,13,15H,3-8,11-12,14H2,1-2H3;2,5,7-8H,3-4,6,12H2,1H3,(H,13,14)(H,15,16)(H,17,18)/b;5-2-/t;7?,8-/m.0/s1. The van der Waals surface area contributed by atoms with E-state index in [0.717, 1.165) is 30.1 Å². The van der Waals surface area contributed by atoms with E-state index in [-0.39, 0.29) is 23.8 Å². The quantitative estimate of drug-likeness (QED) is 0.163. The first-order chi connectivity index (χ1) is 19.6. The summed E-state index contributed by atoms with van der Waals surface area (Å²) in [7, 11) is -0.743. The van der Waals surface area contributed by atoms with E-state index >= 15 is 0 Å². The van der Waals surface area contributed by atoms with Crippen molar-refractivity contribution in [1.29, 1.82) is 0 Å². The van der Waals surface area contributed by atoms with Crippen molar-refractivity contribution < 1.29 is 38.3 Å². The Hall–Kier alpha value is -2.57. The molecule has 10 nitrogen and oxygen atoms in total. The van der Waals surface area contributed by atoms with Gasteiger partial charge in [0.1, 0.15) is 12.1 Å². The molecule has 232 valence electrons. The number of allylic oxidation sites excluding steroid dienone is 1. The van der Waals surface area contributed by atoms with Gasteiger partial charge >= 0.3 is 11.9 Å². The van der Waals surface area contributed by atoms with Crippen LogP contribution < -0.4 is 20.5 Å². The van der Waals surface area contributed by atoms with Crippen LogP contribution in [0.4, 0.5) is 0 Å². The highest BCUT2D eigenvalue weighted by molar-refractivity contribution is 8.02. The lowest BCUT2D eigenvalue weighted by Crippen LogP contribution is -2.43. The Balaban J connectivity index is 0.000000416. The summed E-state index contributed by atoms with van der Waals surface area (Å²) in [6.07, 6.45) is 9.93. The number of carbonyl (C=O) groups excluding carboxylic acids is 1. The van der Waals surface area contributed by atoms with Crippen molar-refractivity contribution in [2.24, 2.45) is 5.73 Å². The molecule has 4 atom stereocenters. The van der Waals surface area contributed by atoms with E-state index in [1.54, 1.807) is 18.4 Å². The Morgan fingerprint density at radius 1 is 1.10 bits per heavy atom. The first kappa shape index (κ1) is 36.5. The number of nitrogens with one attached hydrogen (secondary N) is 1. The van der Waals surface area contributed by atoms with Crippen LogP contribution in [0.25, 0.3) is 0 Å². The molecule has 0 saturated carbocycles. The number of hydrogen-bond acceptors (Lipinski definition) is 8. The van der Waals surface area contributed by atoms with Crippen LogP contribution in [0, 0.1) is 0 Å². The highest BCUT2D eigenvalue weighted by atomic mass is 32.2. The lowest BCUT2D eigenvalue weighted by Gasteiger charge is -2.13. The number of ether oxygens (including phenoxy) is 2. The van der Waals surface area contributed by atoms with Gasteiger partial charge in [-0.2, -0.15) is 0 Å². The van der Waals surface area contributed by atoms with Crippen molar-refractivity contribution >= 4 is 40.4 Å². The van der Waals surface area contributed by atoms with Gasteiger partial charge in [-0.1, -0.05) is 58.1 Å². The molecule has 1 aromatic carbocycles. The number of aliphatic carboxylic acids is 2. The minimum absolute atomic E-state index is 0.0322. The van der Waals surface area contributed by atoms with E-state index in [2.05, 4.69) is 19.2 Å². The number of nitrogens with two attached hydrogens (primary N) is 1. The number of rotatable bonds is 19. The zero-order chi connectivity index (χ0) is 30.6. The summed E-state index contributed by atoms with van der Waals surface area (Å²) in [6.45, 7) is 6.41. The summed E-state index contributed by atoms with van der Waals surface area (Å²) in [5.74, 6) is -0.186. The predicted molar refractivity (Wildman–Crippen MR) is 164 cm³/mol. The maximum atomic E-state index is 12.3. The summed E-state index contributed by atoms with van der Waals surface area (Å²) < 4.78 is 23.0. The topological polar surface area (TPSA) is 165 Å². The normalized spacial score (nSPS) is 14.9. The SMILES string of the molecule is C/C=C\SC[C@H](NC(=O)CCC(N)C(=O)O)C(=O)O.CCCCCCCCS(=O)C(C)Cc1ccc2c(c1)OCO2. The average molecular weight is 615 g/mol. The van der Waals surface area contributed by atoms with Gasteiger partial charge in [-0.25, -0.2) is 4.79 Å². The maximum Gasteiger partial charge on any atom is 0.327 e. The van der Waals surface area contributed by atoms with Crippen molar-refractivity contribution in [3.8, 4) is 11.5 Å². The number of carboxylic acid groups (broad SMARTS) is 2. The number of unbranched alkanes of at least 4 members (excludes halogenated alkanes) is 5. The average Bonchev–Trinajstić information content (AvgIpc) is 3.41. The third-order valence-corrected chi connectivity index (χ3v) is 8.98. The molecule has 2 rings (SSSR count). The molecule has 1 aromatic rings. The summed E-state index contributed by atoms with van der Waals surface area (Å²) in [5.41, 5.74) is 6.42. The molecule has 0 bridgehead atoms. The predicted octanol–water partition coefficient (Wildman–Crippen LogP) is 4.47. The van der Waals surface area contributed by atoms with Gasteiger partial charge in [-0.3, -0.25) is 13.8 Å². The van der Waals surface area contributed by atoms with Crippen LogP contribution in [-0.2, 0) is 31.6 Å². The van der Waals surface area contributed by atoms with Crippen molar-refractivity contribution in [2.45, 2.75) is 95.9 Å². The van der Waals surface area contributed by atoms with Crippen molar-refractivity contribution in [1.82, 2.24) is 5.32 Å². The first-order valence-corrected chi connectivity index (χ1v) is 16.5. The van der Waals surface area contributed by atoms with Crippen LogP contribution in [-0.4, -0.2) is 67.9 Å². The van der Waals surface area contributed by atoms with E-state index in [1.165, 1.54) is 49.4 Å². The second-order valence-corrected chi connectivity index (χ2v) is 12.7. The molecule has 5 N–H and O–H groups in total. The molecule has 0 saturated heterocycles. The molecule has 0 aromatic heterocycles. The van der Waals surface area contributed by atoms with Gasteiger partial charge in [-0.15, -0.1) is 11.8 Å². The Labute approximate surface area is 250 Å². The molecule has 3 unspecified atom stereocenters. The lowest BCUT2D eigenvalue weighted by atomic mass is 10.1. The third kappa shape index (κ3) is 15.9. The second-order valence-electron chi connectivity index (χ2n) is 9.80. The van der Waals surface area contributed by atoms with Crippen molar-refractivity contribution in [3.05, 3.63) is 35.2 Å². The Bertz CT molecular complexity index is 1010. The number of amides is 1. The van der Waals surface area contributed by atoms with E-state index in [9.17, 15) is 18.6 Å². The maximum absolute atomic E-state index is 12.3. The number of benzene rings is 1. The molecule has 0 fully saturated rings. The first-order valence-electron chi connectivity index (χ1n) is 14.1. The van der Waals surface area contributed by atoms with Gasteiger partial charge in [0.2, 0.25) is 12.7 Å². The van der Waals surface area contributed by atoms with Crippen LogP contribution in [0.15, 0.2) is 29.7 Å². The van der Waals surface area contributed by atoms with E-state index in [0.29, 0.717) is 6.79 Å². The molecular formula is C29H46N2O8S2. The zero-order valence-electron chi connectivity index (χ0n) is 24.3. The minimum atomic E-state index is -1.19. The van der Waals surface area contributed by atoms with Crippen LogP contribution >= 0.6 is 11.8 Å². The zero-order valence-corrected chi connectivity index (χ0v) is 26.0. The second kappa shape index (κ2) is 21.2. The fourth-order valence-corrected chi connectivity index (χ4v) is 5.81. The fourth-order valence-electron chi connectivity index (χ4n) is 3.82. The monoisotopic (exact) mass is 614 g/mol. The molecule has 12 heteroatoms. The number of carbonyl (C=O) groups is 3. The highest BCUT2D eigenvalue weighted by Gasteiger charge is 2.21. The van der Waals surface area contributed by atoms with E-state index in [4.69, 9.17) is 25.4 Å². The van der Waals surface area contributed by atoms with Crippen molar-refractivity contribution in [2.75, 3.05) is 18.3 Å². The lowest BCUT2D eigenvalue weighted by molar-refractivity contribution is -0.141. The Morgan fingerprint density at radius 2 is 1.78 bits per heavy atom. The largest absolute Gasteiger partial charge is 0.480 e. The summed E-state index contributed by atoms with van der Waals surface area (Å²) in [4.78, 5) is 32.8.